The molecule has 2 fully saturated rings. The maximum Gasteiger partial charge on any atom is 0.303 e. The number of nitrogens with one attached hydrogen (secondary N) is 1. The van der Waals surface area contributed by atoms with E-state index in [1.165, 1.54) is 6.42 Å². The highest BCUT2D eigenvalue weighted by molar-refractivity contribution is 5.77. The van der Waals surface area contributed by atoms with Crippen LogP contribution in [0.25, 0.3) is 0 Å². The predicted molar refractivity (Wildman–Crippen MR) is 79.0 cm³/mol. The normalized spacial score (nSPS) is 23.1. The third-order valence-electron chi connectivity index (χ3n) is 5.28. The second-order valence-corrected chi connectivity index (χ2v) is 6.83. The number of carboxylic acids is 1. The Kier molecular flexibility index (Phi) is 5.25. The zero-order valence-electron chi connectivity index (χ0n) is 13.0. The van der Waals surface area contributed by atoms with E-state index in [2.05, 4.69) is 5.32 Å². The summed E-state index contributed by atoms with van der Waals surface area (Å²) < 4.78 is 5.47. The third-order valence-corrected chi connectivity index (χ3v) is 5.28. The van der Waals surface area contributed by atoms with Crippen LogP contribution in [0.4, 0.5) is 0 Å². The summed E-state index contributed by atoms with van der Waals surface area (Å²) in [5.74, 6) is -0.773. The molecule has 120 valence electrons. The monoisotopic (exact) mass is 297 g/mol. The van der Waals surface area contributed by atoms with Crippen LogP contribution in [0, 0.1) is 5.41 Å². The van der Waals surface area contributed by atoms with Crippen molar-refractivity contribution in [1.29, 1.82) is 0 Å². The van der Waals surface area contributed by atoms with Crippen molar-refractivity contribution in [3.8, 4) is 0 Å². The SMILES string of the molecule is COC1(CC(=O)NCC2(CC(=O)O)CCCCC2)CCC1. The molecule has 0 saturated heterocycles. The van der Waals surface area contributed by atoms with Gasteiger partial charge >= 0.3 is 5.97 Å². The summed E-state index contributed by atoms with van der Waals surface area (Å²) in [6, 6.07) is 0. The van der Waals surface area contributed by atoms with Crippen molar-refractivity contribution in [2.45, 2.75) is 69.8 Å². The Hall–Kier alpha value is -1.10. The maximum absolute atomic E-state index is 12.1. The molecule has 0 aromatic rings. The Labute approximate surface area is 126 Å². The van der Waals surface area contributed by atoms with Gasteiger partial charge in [0.1, 0.15) is 0 Å². The molecule has 2 aliphatic carbocycles. The molecule has 0 unspecified atom stereocenters. The molecule has 2 N–H and O–H groups in total. The molecule has 2 aliphatic rings. The fraction of sp³-hybridized carbons (Fsp3) is 0.875. The summed E-state index contributed by atoms with van der Waals surface area (Å²) in [5, 5.41) is 12.1. The topological polar surface area (TPSA) is 75.6 Å². The molecular weight excluding hydrogens is 270 g/mol. The van der Waals surface area contributed by atoms with Crippen LogP contribution in [0.2, 0.25) is 0 Å². The van der Waals surface area contributed by atoms with Gasteiger partial charge in [-0.25, -0.2) is 0 Å². The molecule has 0 aliphatic heterocycles. The largest absolute Gasteiger partial charge is 0.481 e. The van der Waals surface area contributed by atoms with Gasteiger partial charge in [-0.3, -0.25) is 9.59 Å². The fourth-order valence-electron chi connectivity index (χ4n) is 3.70. The first-order chi connectivity index (χ1) is 9.99. The number of methoxy groups -OCH3 is 1. The van der Waals surface area contributed by atoms with Crippen LogP contribution in [-0.2, 0) is 14.3 Å². The lowest BCUT2D eigenvalue weighted by Gasteiger charge is -2.40. The molecule has 21 heavy (non-hydrogen) atoms. The molecule has 2 rings (SSSR count). The summed E-state index contributed by atoms with van der Waals surface area (Å²) in [6.07, 6.45) is 8.64. The van der Waals surface area contributed by atoms with Gasteiger partial charge in [0.2, 0.25) is 5.91 Å². The summed E-state index contributed by atoms with van der Waals surface area (Å²) in [6.45, 7) is 0.484. The second kappa shape index (κ2) is 6.77. The number of ether oxygens (including phenoxy) is 1. The minimum Gasteiger partial charge on any atom is -0.481 e. The number of carbonyl (C=O) groups is 2. The number of rotatable bonds is 7. The molecule has 2 saturated carbocycles. The van der Waals surface area contributed by atoms with Gasteiger partial charge in [-0.2, -0.15) is 0 Å². The molecule has 5 nitrogen and oxygen atoms in total. The quantitative estimate of drug-likeness (QED) is 0.757. The Morgan fingerprint density at radius 3 is 2.19 bits per heavy atom. The first-order valence-electron chi connectivity index (χ1n) is 8.03. The second-order valence-electron chi connectivity index (χ2n) is 6.83. The summed E-state index contributed by atoms with van der Waals surface area (Å²) in [7, 11) is 1.67. The molecular formula is C16H27NO4. The van der Waals surface area contributed by atoms with E-state index in [1.807, 2.05) is 0 Å². The fourth-order valence-corrected chi connectivity index (χ4v) is 3.70. The Bertz CT molecular complexity index is 378. The van der Waals surface area contributed by atoms with Crippen molar-refractivity contribution < 1.29 is 19.4 Å². The molecule has 0 heterocycles. The maximum atomic E-state index is 12.1. The van der Waals surface area contributed by atoms with Crippen LogP contribution < -0.4 is 5.32 Å². The first-order valence-corrected chi connectivity index (χ1v) is 8.03. The number of carboxylic acid groups (broad SMARTS) is 1. The molecule has 0 atom stereocenters. The highest BCUT2D eigenvalue weighted by Crippen LogP contribution is 2.40. The first kappa shape index (κ1) is 16.3. The zero-order chi connectivity index (χ0) is 15.3. The number of aliphatic carboxylic acids is 1. The van der Waals surface area contributed by atoms with Gasteiger partial charge in [0.15, 0.2) is 0 Å². The summed E-state index contributed by atoms with van der Waals surface area (Å²) >= 11 is 0. The molecule has 0 aromatic heterocycles. The van der Waals surface area contributed by atoms with Crippen molar-refractivity contribution >= 4 is 11.9 Å². The molecule has 0 aromatic carbocycles. The van der Waals surface area contributed by atoms with E-state index in [9.17, 15) is 9.59 Å². The van der Waals surface area contributed by atoms with E-state index < -0.39 is 5.97 Å². The number of hydrogen-bond acceptors (Lipinski definition) is 3. The van der Waals surface area contributed by atoms with Crippen LogP contribution in [0.1, 0.15) is 64.2 Å². The Morgan fingerprint density at radius 2 is 1.71 bits per heavy atom. The molecule has 0 spiro atoms. The van der Waals surface area contributed by atoms with E-state index in [0.717, 1.165) is 44.9 Å². The van der Waals surface area contributed by atoms with Gasteiger partial charge in [-0.1, -0.05) is 19.3 Å². The highest BCUT2D eigenvalue weighted by Gasteiger charge is 2.40. The van der Waals surface area contributed by atoms with Crippen molar-refractivity contribution in [2.24, 2.45) is 5.41 Å². The summed E-state index contributed by atoms with van der Waals surface area (Å²) in [5.41, 5.74) is -0.518. The van der Waals surface area contributed by atoms with Crippen molar-refractivity contribution in [3.63, 3.8) is 0 Å². The predicted octanol–water partition coefficient (Wildman–Crippen LogP) is 2.49. The zero-order valence-corrected chi connectivity index (χ0v) is 13.0. The van der Waals surface area contributed by atoms with Gasteiger partial charge in [-0.15, -0.1) is 0 Å². The van der Waals surface area contributed by atoms with Crippen molar-refractivity contribution in [3.05, 3.63) is 0 Å². The molecule has 1 amide bonds. The lowest BCUT2D eigenvalue weighted by molar-refractivity contribution is -0.142. The van der Waals surface area contributed by atoms with Crippen molar-refractivity contribution in [1.82, 2.24) is 5.32 Å². The average Bonchev–Trinajstić information content (AvgIpc) is 2.41. The van der Waals surface area contributed by atoms with Crippen LogP contribution >= 0.6 is 0 Å². The van der Waals surface area contributed by atoms with E-state index in [1.54, 1.807) is 7.11 Å². The molecule has 5 heteroatoms. The average molecular weight is 297 g/mol. The van der Waals surface area contributed by atoms with Gasteiger partial charge < -0.3 is 15.2 Å². The third kappa shape index (κ3) is 4.19. The van der Waals surface area contributed by atoms with Gasteiger partial charge in [0.25, 0.3) is 0 Å². The lowest BCUT2D eigenvalue weighted by Crippen LogP contribution is -2.46. The molecule has 0 radical (unpaired) electrons. The van der Waals surface area contributed by atoms with Gasteiger partial charge in [0, 0.05) is 13.7 Å². The van der Waals surface area contributed by atoms with Crippen molar-refractivity contribution in [2.75, 3.05) is 13.7 Å². The molecule has 0 bridgehead atoms. The van der Waals surface area contributed by atoms with Gasteiger partial charge in [-0.05, 0) is 37.5 Å². The highest BCUT2D eigenvalue weighted by atomic mass is 16.5. The lowest BCUT2D eigenvalue weighted by atomic mass is 9.71. The summed E-state index contributed by atoms with van der Waals surface area (Å²) in [4.78, 5) is 23.3. The standard InChI is InChI=1S/C16H27NO4/c1-21-16(8-5-9-16)10-13(18)17-12-15(11-14(19)20)6-3-2-4-7-15/h2-12H2,1H3,(H,17,18)(H,19,20). The Morgan fingerprint density at radius 1 is 1.05 bits per heavy atom. The van der Waals surface area contributed by atoms with E-state index >= 15 is 0 Å². The number of carbonyl (C=O) groups excluding carboxylic acids is 1. The smallest absolute Gasteiger partial charge is 0.303 e. The van der Waals surface area contributed by atoms with Crippen LogP contribution in [0.3, 0.4) is 0 Å². The number of amides is 1. The van der Waals surface area contributed by atoms with E-state index in [0.29, 0.717) is 13.0 Å². The van der Waals surface area contributed by atoms with Crippen LogP contribution in [0.5, 0.6) is 0 Å². The van der Waals surface area contributed by atoms with E-state index in [4.69, 9.17) is 9.84 Å². The van der Waals surface area contributed by atoms with E-state index in [-0.39, 0.29) is 23.3 Å². The minimum atomic E-state index is -0.765. The van der Waals surface area contributed by atoms with Crippen LogP contribution in [-0.4, -0.2) is 36.2 Å². The van der Waals surface area contributed by atoms with Crippen LogP contribution in [0.15, 0.2) is 0 Å². The number of hydrogen-bond donors (Lipinski definition) is 2. The minimum absolute atomic E-state index is 0.00751. The van der Waals surface area contributed by atoms with Gasteiger partial charge in [0.05, 0.1) is 18.4 Å². The Balaban J connectivity index is 1.86.